The Bertz CT molecular complexity index is 1060. The largest absolute Gasteiger partial charge is 0.420 e. The van der Waals surface area contributed by atoms with Gasteiger partial charge in [-0.25, -0.2) is 4.79 Å². The van der Waals surface area contributed by atoms with Gasteiger partial charge in [-0.1, -0.05) is 12.1 Å². The Balaban J connectivity index is 1.57. The second-order valence-corrected chi connectivity index (χ2v) is 7.56. The van der Waals surface area contributed by atoms with Gasteiger partial charge < -0.3 is 14.6 Å². The van der Waals surface area contributed by atoms with Crippen molar-refractivity contribution in [2.24, 2.45) is 0 Å². The molecule has 1 fully saturated rings. The molecule has 3 aromatic rings. The highest BCUT2D eigenvalue weighted by Gasteiger charge is 2.32. The SMILES string of the molecule is CNC(=O)c1ccc([C@H]2CCCN2C(=O)Cn2c(=O)oc3ccccc32)s1. The molecule has 1 N–H and O–H groups in total. The number of rotatable bonds is 4. The van der Waals surface area contributed by atoms with Gasteiger partial charge in [-0.15, -0.1) is 11.3 Å². The molecule has 2 aromatic heterocycles. The zero-order valence-corrected chi connectivity index (χ0v) is 15.6. The highest BCUT2D eigenvalue weighted by Crippen LogP contribution is 2.36. The van der Waals surface area contributed by atoms with Crippen LogP contribution in [0.1, 0.15) is 33.4 Å². The van der Waals surface area contributed by atoms with E-state index in [9.17, 15) is 14.4 Å². The number of nitrogens with one attached hydrogen (secondary N) is 1. The number of carbonyl (C=O) groups excluding carboxylic acids is 2. The summed E-state index contributed by atoms with van der Waals surface area (Å²) in [5.41, 5.74) is 1.09. The first-order valence-corrected chi connectivity index (χ1v) is 9.60. The normalized spacial score (nSPS) is 16.8. The molecule has 8 heteroatoms. The van der Waals surface area contributed by atoms with Crippen LogP contribution in [0, 0.1) is 0 Å². The number of benzene rings is 1. The Kier molecular flexibility index (Phi) is 4.57. The lowest BCUT2D eigenvalue weighted by Crippen LogP contribution is -2.35. The highest BCUT2D eigenvalue weighted by molar-refractivity contribution is 7.14. The fraction of sp³-hybridized carbons (Fsp3) is 0.316. The van der Waals surface area contributed by atoms with E-state index in [0.717, 1.165) is 17.7 Å². The Morgan fingerprint density at radius 2 is 2.07 bits per heavy atom. The van der Waals surface area contributed by atoms with E-state index in [1.165, 1.54) is 15.9 Å². The van der Waals surface area contributed by atoms with Gasteiger partial charge in [0.05, 0.1) is 16.4 Å². The van der Waals surface area contributed by atoms with Crippen LogP contribution in [0.25, 0.3) is 11.1 Å². The van der Waals surface area contributed by atoms with Gasteiger partial charge in [-0.3, -0.25) is 14.2 Å². The molecule has 1 aromatic carbocycles. The van der Waals surface area contributed by atoms with Crippen LogP contribution in [-0.4, -0.2) is 34.9 Å². The summed E-state index contributed by atoms with van der Waals surface area (Å²) in [7, 11) is 1.60. The number of nitrogens with zero attached hydrogens (tertiary/aromatic N) is 2. The Hall–Kier alpha value is -2.87. The third-order valence-corrected chi connectivity index (χ3v) is 6.03. The zero-order valence-electron chi connectivity index (χ0n) is 14.8. The third kappa shape index (κ3) is 3.16. The molecule has 27 heavy (non-hydrogen) atoms. The van der Waals surface area contributed by atoms with Crippen molar-refractivity contribution in [3.63, 3.8) is 0 Å². The Morgan fingerprint density at radius 3 is 2.89 bits per heavy atom. The lowest BCUT2D eigenvalue weighted by molar-refractivity contribution is -0.132. The predicted molar refractivity (Wildman–Crippen MR) is 102 cm³/mol. The molecule has 1 atom stereocenters. The summed E-state index contributed by atoms with van der Waals surface area (Å²) >= 11 is 1.40. The van der Waals surface area contributed by atoms with Crippen molar-refractivity contribution in [2.75, 3.05) is 13.6 Å². The summed E-state index contributed by atoms with van der Waals surface area (Å²) in [6, 6.07) is 10.7. The monoisotopic (exact) mass is 385 g/mol. The van der Waals surface area contributed by atoms with Crippen molar-refractivity contribution < 1.29 is 14.0 Å². The number of likely N-dealkylation sites (tertiary alicyclic amines) is 1. The summed E-state index contributed by atoms with van der Waals surface area (Å²) in [5, 5.41) is 2.61. The molecule has 0 unspecified atom stereocenters. The van der Waals surface area contributed by atoms with E-state index in [-0.39, 0.29) is 24.4 Å². The van der Waals surface area contributed by atoms with Gasteiger partial charge in [0.15, 0.2) is 5.58 Å². The minimum absolute atomic E-state index is 0.0555. The summed E-state index contributed by atoms with van der Waals surface area (Å²) in [4.78, 5) is 40.3. The molecule has 2 amide bonds. The van der Waals surface area contributed by atoms with E-state index in [4.69, 9.17) is 4.42 Å². The number of aromatic nitrogens is 1. The van der Waals surface area contributed by atoms with Crippen LogP contribution in [0.4, 0.5) is 0 Å². The molecule has 0 spiro atoms. The van der Waals surface area contributed by atoms with E-state index in [1.54, 1.807) is 36.2 Å². The van der Waals surface area contributed by atoms with E-state index in [2.05, 4.69) is 5.32 Å². The maximum Gasteiger partial charge on any atom is 0.420 e. The molecule has 1 aliphatic rings. The van der Waals surface area contributed by atoms with Gasteiger partial charge >= 0.3 is 5.76 Å². The molecule has 1 saturated heterocycles. The molecule has 3 heterocycles. The fourth-order valence-electron chi connectivity index (χ4n) is 3.53. The first kappa shape index (κ1) is 17.5. The van der Waals surface area contributed by atoms with Crippen molar-refractivity contribution in [3.05, 3.63) is 56.7 Å². The molecule has 0 bridgehead atoms. The average Bonchev–Trinajstić information content (AvgIpc) is 3.39. The third-order valence-electron chi connectivity index (χ3n) is 4.85. The Morgan fingerprint density at radius 1 is 1.26 bits per heavy atom. The van der Waals surface area contributed by atoms with Gasteiger partial charge in [-0.05, 0) is 37.1 Å². The lowest BCUT2D eigenvalue weighted by atomic mass is 10.2. The van der Waals surface area contributed by atoms with E-state index in [0.29, 0.717) is 22.5 Å². The second kappa shape index (κ2) is 7.03. The summed E-state index contributed by atoms with van der Waals surface area (Å²) in [6.07, 6.45) is 1.74. The van der Waals surface area contributed by atoms with Crippen LogP contribution in [-0.2, 0) is 11.3 Å². The first-order valence-electron chi connectivity index (χ1n) is 8.78. The van der Waals surface area contributed by atoms with E-state index in [1.807, 2.05) is 12.1 Å². The minimum Gasteiger partial charge on any atom is -0.408 e. The molecule has 4 rings (SSSR count). The van der Waals surface area contributed by atoms with Crippen molar-refractivity contribution in [1.29, 1.82) is 0 Å². The Labute approximate surface area is 159 Å². The second-order valence-electron chi connectivity index (χ2n) is 6.45. The maximum atomic E-state index is 12.9. The number of fused-ring (bicyclic) bond motifs is 1. The quantitative estimate of drug-likeness (QED) is 0.747. The number of thiophene rings is 1. The topological polar surface area (TPSA) is 84.5 Å². The average molecular weight is 385 g/mol. The molecule has 0 radical (unpaired) electrons. The van der Waals surface area contributed by atoms with Crippen molar-refractivity contribution in [3.8, 4) is 0 Å². The zero-order chi connectivity index (χ0) is 19.0. The van der Waals surface area contributed by atoms with Crippen LogP contribution in [0.15, 0.2) is 45.6 Å². The molecule has 1 aliphatic heterocycles. The van der Waals surface area contributed by atoms with Crippen molar-refractivity contribution >= 4 is 34.3 Å². The lowest BCUT2D eigenvalue weighted by Gasteiger charge is -2.24. The van der Waals surface area contributed by atoms with E-state index >= 15 is 0 Å². The molecule has 140 valence electrons. The van der Waals surface area contributed by atoms with Crippen LogP contribution >= 0.6 is 11.3 Å². The molecular formula is C19H19N3O4S. The minimum atomic E-state index is -0.529. The first-order chi connectivity index (χ1) is 13.1. The molecular weight excluding hydrogens is 366 g/mol. The summed E-state index contributed by atoms with van der Waals surface area (Å²) in [5.74, 6) is -0.780. The number of hydrogen-bond donors (Lipinski definition) is 1. The number of carbonyl (C=O) groups is 2. The fourth-order valence-corrected chi connectivity index (χ4v) is 4.63. The molecule has 0 saturated carbocycles. The number of para-hydroxylation sites is 2. The summed E-state index contributed by atoms with van der Waals surface area (Å²) in [6.45, 7) is 0.585. The van der Waals surface area contributed by atoms with Crippen LogP contribution in [0.3, 0.4) is 0 Å². The predicted octanol–water partition coefficient (Wildman–Crippen LogP) is 2.38. The summed E-state index contributed by atoms with van der Waals surface area (Å²) < 4.78 is 6.58. The van der Waals surface area contributed by atoms with Gasteiger partial charge in [0.1, 0.15) is 6.54 Å². The van der Waals surface area contributed by atoms with E-state index < -0.39 is 5.76 Å². The van der Waals surface area contributed by atoms with Gasteiger partial charge in [0, 0.05) is 18.5 Å². The molecule has 7 nitrogen and oxygen atoms in total. The van der Waals surface area contributed by atoms with Crippen molar-refractivity contribution in [2.45, 2.75) is 25.4 Å². The van der Waals surface area contributed by atoms with Gasteiger partial charge in [0.25, 0.3) is 5.91 Å². The highest BCUT2D eigenvalue weighted by atomic mass is 32.1. The number of hydrogen-bond acceptors (Lipinski definition) is 5. The van der Waals surface area contributed by atoms with Crippen molar-refractivity contribution in [1.82, 2.24) is 14.8 Å². The molecule has 0 aliphatic carbocycles. The van der Waals surface area contributed by atoms with Crippen LogP contribution in [0.5, 0.6) is 0 Å². The van der Waals surface area contributed by atoms with Gasteiger partial charge in [-0.2, -0.15) is 0 Å². The van der Waals surface area contributed by atoms with Crippen LogP contribution < -0.4 is 11.1 Å². The number of amides is 2. The maximum absolute atomic E-state index is 12.9. The van der Waals surface area contributed by atoms with Gasteiger partial charge in [0.2, 0.25) is 5.91 Å². The van der Waals surface area contributed by atoms with Crippen LogP contribution in [0.2, 0.25) is 0 Å². The standard InChI is InChI=1S/C19H19N3O4S/c1-20-18(24)16-9-8-15(27-16)13-6-4-10-21(13)17(23)11-22-12-5-2-3-7-14(12)26-19(22)25/h2-3,5,7-9,13H,4,6,10-11H2,1H3,(H,20,24)/t13-/m1/s1. The smallest absolute Gasteiger partial charge is 0.408 e. The number of oxazole rings is 1.